The number of hydrogen-bond donors (Lipinski definition) is 3. The number of aromatic hydroxyl groups is 1. The smallest absolute Gasteiger partial charge is 0.132 e. The second-order valence-electron chi connectivity index (χ2n) is 3.36. The maximum Gasteiger partial charge on any atom is 0.132 e. The van der Waals surface area contributed by atoms with Gasteiger partial charge in [-0.25, -0.2) is 0 Å². The highest BCUT2D eigenvalue weighted by molar-refractivity contribution is 9.10. The summed E-state index contributed by atoms with van der Waals surface area (Å²) in [6.07, 6.45) is 0. The Bertz CT molecular complexity index is 352. The average molecular weight is 260 g/mol. The maximum atomic E-state index is 9.62. The first-order valence-electron chi connectivity index (χ1n) is 4.34. The van der Waals surface area contributed by atoms with Crippen LogP contribution in [0.25, 0.3) is 0 Å². The average Bonchev–Trinajstić information content (AvgIpc) is 2.19. The Hall–Kier alpha value is -0.580. The zero-order valence-corrected chi connectivity index (χ0v) is 9.80. The van der Waals surface area contributed by atoms with Gasteiger partial charge in [-0.15, -0.1) is 0 Å². The summed E-state index contributed by atoms with van der Waals surface area (Å²) in [6, 6.07) is 1.40. The molecule has 0 saturated carbocycles. The van der Waals surface area contributed by atoms with E-state index in [0.29, 0.717) is 4.47 Å². The standard InChI is InChI=1S/C10H14BrNO2/c1-5-3-7(8(12)4-13)6(2)9(11)10(5)14/h3,8,13-14H,4,12H2,1-2H3. The molecule has 0 amide bonds. The van der Waals surface area contributed by atoms with E-state index in [0.717, 1.165) is 16.7 Å². The predicted octanol–water partition coefficient (Wildman–Crippen LogP) is 1.76. The van der Waals surface area contributed by atoms with Crippen LogP contribution in [0, 0.1) is 13.8 Å². The first-order valence-corrected chi connectivity index (χ1v) is 5.13. The minimum Gasteiger partial charge on any atom is -0.506 e. The van der Waals surface area contributed by atoms with Crippen LogP contribution in [0.1, 0.15) is 22.7 Å². The monoisotopic (exact) mass is 259 g/mol. The number of rotatable bonds is 2. The van der Waals surface area contributed by atoms with E-state index in [9.17, 15) is 5.11 Å². The summed E-state index contributed by atoms with van der Waals surface area (Å²) in [6.45, 7) is 3.55. The molecule has 78 valence electrons. The first-order chi connectivity index (χ1) is 6.49. The highest BCUT2D eigenvalue weighted by atomic mass is 79.9. The minimum atomic E-state index is -0.398. The van der Waals surface area contributed by atoms with Crippen molar-refractivity contribution in [1.82, 2.24) is 0 Å². The lowest BCUT2D eigenvalue weighted by Crippen LogP contribution is -2.16. The fraction of sp³-hybridized carbons (Fsp3) is 0.400. The van der Waals surface area contributed by atoms with Crippen LogP contribution in [0.3, 0.4) is 0 Å². The van der Waals surface area contributed by atoms with Crippen molar-refractivity contribution in [2.24, 2.45) is 5.73 Å². The summed E-state index contributed by atoms with van der Waals surface area (Å²) >= 11 is 3.29. The fourth-order valence-corrected chi connectivity index (χ4v) is 1.91. The summed E-state index contributed by atoms with van der Waals surface area (Å²) < 4.78 is 0.649. The van der Waals surface area contributed by atoms with Crippen LogP contribution in [0.15, 0.2) is 10.5 Å². The second-order valence-corrected chi connectivity index (χ2v) is 4.15. The van der Waals surface area contributed by atoms with Crippen LogP contribution < -0.4 is 5.73 Å². The number of benzene rings is 1. The van der Waals surface area contributed by atoms with Gasteiger partial charge in [-0.05, 0) is 46.5 Å². The van der Waals surface area contributed by atoms with Gasteiger partial charge < -0.3 is 15.9 Å². The summed E-state index contributed by atoms with van der Waals surface area (Å²) in [5, 5.41) is 18.6. The molecule has 1 aromatic carbocycles. The van der Waals surface area contributed by atoms with E-state index in [1.807, 2.05) is 6.92 Å². The maximum absolute atomic E-state index is 9.62. The van der Waals surface area contributed by atoms with E-state index >= 15 is 0 Å². The molecule has 0 saturated heterocycles. The lowest BCUT2D eigenvalue weighted by atomic mass is 9.99. The van der Waals surface area contributed by atoms with Crippen LogP contribution in [0.2, 0.25) is 0 Å². The number of phenols is 1. The van der Waals surface area contributed by atoms with Crippen LogP contribution in [-0.4, -0.2) is 16.8 Å². The SMILES string of the molecule is Cc1cc(C(N)CO)c(C)c(Br)c1O. The molecule has 1 atom stereocenters. The van der Waals surface area contributed by atoms with Gasteiger partial charge in [0.15, 0.2) is 0 Å². The Morgan fingerprint density at radius 2 is 2.07 bits per heavy atom. The second kappa shape index (κ2) is 4.29. The quantitative estimate of drug-likeness (QED) is 0.759. The largest absolute Gasteiger partial charge is 0.506 e. The molecule has 0 aliphatic rings. The molecule has 3 nitrogen and oxygen atoms in total. The van der Waals surface area contributed by atoms with Gasteiger partial charge in [0.25, 0.3) is 0 Å². The van der Waals surface area contributed by atoms with Crippen LogP contribution >= 0.6 is 15.9 Å². The Labute approximate surface area is 91.7 Å². The highest BCUT2D eigenvalue weighted by Gasteiger charge is 2.14. The third kappa shape index (κ3) is 1.92. The van der Waals surface area contributed by atoms with Crippen molar-refractivity contribution in [3.63, 3.8) is 0 Å². The van der Waals surface area contributed by atoms with Gasteiger partial charge in [0, 0.05) is 0 Å². The van der Waals surface area contributed by atoms with Gasteiger partial charge in [-0.1, -0.05) is 6.07 Å². The number of aliphatic hydroxyl groups excluding tert-OH is 1. The normalized spacial score (nSPS) is 12.9. The van der Waals surface area contributed by atoms with Gasteiger partial charge in [0.2, 0.25) is 0 Å². The Morgan fingerprint density at radius 1 is 1.50 bits per heavy atom. The van der Waals surface area contributed by atoms with Gasteiger partial charge >= 0.3 is 0 Å². The molecule has 1 rings (SSSR count). The van der Waals surface area contributed by atoms with Gasteiger partial charge in [0.05, 0.1) is 17.1 Å². The van der Waals surface area contributed by atoms with Crippen LogP contribution in [0.4, 0.5) is 0 Å². The molecule has 0 aliphatic heterocycles. The van der Waals surface area contributed by atoms with E-state index in [1.165, 1.54) is 0 Å². The van der Waals surface area contributed by atoms with Crippen molar-refractivity contribution in [2.45, 2.75) is 19.9 Å². The molecule has 4 N–H and O–H groups in total. The van der Waals surface area contributed by atoms with Gasteiger partial charge in [0.1, 0.15) is 5.75 Å². The Morgan fingerprint density at radius 3 is 2.57 bits per heavy atom. The van der Waals surface area contributed by atoms with Crippen molar-refractivity contribution >= 4 is 15.9 Å². The molecule has 0 bridgehead atoms. The minimum absolute atomic E-state index is 0.0997. The molecule has 0 aliphatic carbocycles. The molecule has 0 fully saturated rings. The molecule has 0 aromatic heterocycles. The van der Waals surface area contributed by atoms with Crippen LogP contribution in [0.5, 0.6) is 5.75 Å². The Kier molecular flexibility index (Phi) is 3.53. The lowest BCUT2D eigenvalue weighted by Gasteiger charge is -2.15. The summed E-state index contributed by atoms with van der Waals surface area (Å²) in [4.78, 5) is 0. The van der Waals surface area contributed by atoms with Crippen LogP contribution in [-0.2, 0) is 0 Å². The lowest BCUT2D eigenvalue weighted by molar-refractivity contribution is 0.267. The van der Waals surface area contributed by atoms with Gasteiger partial charge in [-0.3, -0.25) is 0 Å². The summed E-state index contributed by atoms with van der Waals surface area (Å²) in [5.74, 6) is 0.233. The number of aliphatic hydroxyl groups is 1. The zero-order chi connectivity index (χ0) is 10.9. The molecule has 0 spiro atoms. The molecule has 14 heavy (non-hydrogen) atoms. The van der Waals surface area contributed by atoms with Crippen molar-refractivity contribution in [1.29, 1.82) is 0 Å². The molecule has 1 unspecified atom stereocenters. The van der Waals surface area contributed by atoms with E-state index in [-0.39, 0.29) is 12.4 Å². The van der Waals surface area contributed by atoms with Crippen molar-refractivity contribution < 1.29 is 10.2 Å². The van der Waals surface area contributed by atoms with Crippen molar-refractivity contribution in [2.75, 3.05) is 6.61 Å². The first kappa shape index (κ1) is 11.5. The van der Waals surface area contributed by atoms with E-state index in [1.54, 1.807) is 13.0 Å². The molecule has 0 heterocycles. The van der Waals surface area contributed by atoms with Gasteiger partial charge in [-0.2, -0.15) is 0 Å². The molecule has 4 heteroatoms. The molecule has 0 radical (unpaired) electrons. The third-order valence-corrected chi connectivity index (χ3v) is 3.28. The van der Waals surface area contributed by atoms with E-state index in [2.05, 4.69) is 15.9 Å². The molecule has 1 aromatic rings. The highest BCUT2D eigenvalue weighted by Crippen LogP contribution is 2.34. The molecular weight excluding hydrogens is 246 g/mol. The van der Waals surface area contributed by atoms with Crippen molar-refractivity contribution in [3.8, 4) is 5.75 Å². The number of hydrogen-bond acceptors (Lipinski definition) is 3. The summed E-state index contributed by atoms with van der Waals surface area (Å²) in [7, 11) is 0. The number of halogens is 1. The van der Waals surface area contributed by atoms with E-state index in [4.69, 9.17) is 10.8 Å². The fourth-order valence-electron chi connectivity index (χ4n) is 1.37. The number of aryl methyl sites for hydroxylation is 1. The topological polar surface area (TPSA) is 66.5 Å². The zero-order valence-electron chi connectivity index (χ0n) is 8.21. The summed E-state index contributed by atoms with van der Waals surface area (Å²) in [5.41, 5.74) is 8.21. The predicted molar refractivity (Wildman–Crippen MR) is 59.3 cm³/mol. The van der Waals surface area contributed by atoms with Crippen molar-refractivity contribution in [3.05, 3.63) is 27.2 Å². The number of phenolic OH excluding ortho intramolecular Hbond substituents is 1. The Balaban J connectivity index is 3.33. The van der Waals surface area contributed by atoms with E-state index < -0.39 is 6.04 Å². The number of nitrogens with two attached hydrogens (primary N) is 1. The third-order valence-electron chi connectivity index (χ3n) is 2.31. The molecular formula is C10H14BrNO2.